The summed E-state index contributed by atoms with van der Waals surface area (Å²) in [5.74, 6) is 1.40. The van der Waals surface area contributed by atoms with Crippen molar-refractivity contribution in [1.29, 1.82) is 0 Å². The fourth-order valence-corrected chi connectivity index (χ4v) is 1.92. The molecule has 1 aromatic rings. The van der Waals surface area contributed by atoms with Crippen molar-refractivity contribution in [2.24, 2.45) is 0 Å². The third kappa shape index (κ3) is 4.86. The molecule has 112 valence electrons. The summed E-state index contributed by atoms with van der Waals surface area (Å²) < 4.78 is 10.6. The first-order chi connectivity index (χ1) is 9.47. The van der Waals surface area contributed by atoms with Crippen LogP contribution in [0.25, 0.3) is 0 Å². The summed E-state index contributed by atoms with van der Waals surface area (Å²) in [7, 11) is 7.46. The van der Waals surface area contributed by atoms with Crippen molar-refractivity contribution in [2.45, 2.75) is 6.92 Å². The van der Waals surface area contributed by atoms with Gasteiger partial charge in [0.05, 0.1) is 41.4 Å². The summed E-state index contributed by atoms with van der Waals surface area (Å²) >= 11 is 5.28. The SMILES string of the molecule is COc1cc(C)c(NC(=S)NCC[NH+](C)C)cc1OC. The van der Waals surface area contributed by atoms with Crippen LogP contribution in [0.15, 0.2) is 12.1 Å². The molecule has 0 aromatic heterocycles. The van der Waals surface area contributed by atoms with E-state index in [9.17, 15) is 0 Å². The fraction of sp³-hybridized carbons (Fsp3) is 0.500. The van der Waals surface area contributed by atoms with E-state index in [0.29, 0.717) is 16.6 Å². The fourth-order valence-electron chi connectivity index (χ4n) is 1.71. The predicted octanol–water partition coefficient (Wildman–Crippen LogP) is 0.443. The number of hydrogen-bond donors (Lipinski definition) is 3. The van der Waals surface area contributed by atoms with E-state index in [-0.39, 0.29) is 0 Å². The van der Waals surface area contributed by atoms with Gasteiger partial charge in [-0.25, -0.2) is 0 Å². The van der Waals surface area contributed by atoms with Crippen molar-refractivity contribution >= 4 is 23.0 Å². The zero-order valence-corrected chi connectivity index (χ0v) is 13.6. The number of methoxy groups -OCH3 is 2. The summed E-state index contributed by atoms with van der Waals surface area (Å²) in [4.78, 5) is 1.38. The minimum atomic E-state index is 0.613. The highest BCUT2D eigenvalue weighted by Crippen LogP contribution is 2.32. The molecule has 20 heavy (non-hydrogen) atoms. The molecule has 0 aliphatic heterocycles. The molecule has 6 heteroatoms. The van der Waals surface area contributed by atoms with E-state index in [1.165, 1.54) is 4.90 Å². The van der Waals surface area contributed by atoms with Crippen molar-refractivity contribution in [1.82, 2.24) is 5.32 Å². The number of thiocarbonyl (C=S) groups is 1. The highest BCUT2D eigenvalue weighted by atomic mass is 32.1. The van der Waals surface area contributed by atoms with Gasteiger partial charge in [0.2, 0.25) is 0 Å². The smallest absolute Gasteiger partial charge is 0.170 e. The first kappa shape index (κ1) is 16.5. The molecule has 0 aliphatic carbocycles. The first-order valence-electron chi connectivity index (χ1n) is 6.54. The van der Waals surface area contributed by atoms with Gasteiger partial charge in [0.25, 0.3) is 0 Å². The quantitative estimate of drug-likeness (QED) is 0.666. The number of rotatable bonds is 6. The molecule has 0 heterocycles. The second-order valence-electron chi connectivity index (χ2n) is 4.86. The van der Waals surface area contributed by atoms with Gasteiger partial charge in [0.1, 0.15) is 0 Å². The second kappa shape index (κ2) is 7.91. The number of hydrogen-bond acceptors (Lipinski definition) is 3. The molecule has 0 saturated heterocycles. The van der Waals surface area contributed by atoms with E-state index < -0.39 is 0 Å². The van der Waals surface area contributed by atoms with E-state index in [1.807, 2.05) is 19.1 Å². The Hall–Kier alpha value is -1.53. The lowest BCUT2D eigenvalue weighted by atomic mass is 10.1. The summed E-state index contributed by atoms with van der Waals surface area (Å²) in [6, 6.07) is 3.81. The molecule has 0 bridgehead atoms. The Morgan fingerprint density at radius 3 is 2.35 bits per heavy atom. The molecule has 0 amide bonds. The number of anilines is 1. The van der Waals surface area contributed by atoms with Crippen molar-refractivity contribution in [2.75, 3.05) is 46.7 Å². The van der Waals surface area contributed by atoms with Crippen LogP contribution in [0.2, 0.25) is 0 Å². The Balaban J connectivity index is 2.69. The van der Waals surface area contributed by atoms with E-state index in [4.69, 9.17) is 21.7 Å². The molecule has 3 N–H and O–H groups in total. The summed E-state index contributed by atoms with van der Waals surface area (Å²) in [5.41, 5.74) is 1.96. The lowest BCUT2D eigenvalue weighted by Gasteiger charge is -2.16. The number of aryl methyl sites for hydroxylation is 1. The average Bonchev–Trinajstić information content (AvgIpc) is 2.40. The molecule has 0 fully saturated rings. The number of ether oxygens (including phenoxy) is 2. The third-order valence-corrected chi connectivity index (χ3v) is 3.14. The highest BCUT2D eigenvalue weighted by Gasteiger charge is 2.09. The van der Waals surface area contributed by atoms with E-state index in [2.05, 4.69) is 24.7 Å². The minimum absolute atomic E-state index is 0.613. The summed E-state index contributed by atoms with van der Waals surface area (Å²) in [6.45, 7) is 3.84. The maximum atomic E-state index is 5.29. The third-order valence-electron chi connectivity index (χ3n) is 2.89. The van der Waals surface area contributed by atoms with Crippen LogP contribution in [0.1, 0.15) is 5.56 Å². The molecular weight excluding hydrogens is 274 g/mol. The Labute approximate surface area is 126 Å². The number of likely N-dealkylation sites (N-methyl/N-ethyl adjacent to an activating group) is 1. The van der Waals surface area contributed by atoms with E-state index in [0.717, 1.165) is 24.3 Å². The minimum Gasteiger partial charge on any atom is -0.493 e. The molecule has 0 atom stereocenters. The molecule has 0 unspecified atom stereocenters. The van der Waals surface area contributed by atoms with Crippen molar-refractivity contribution in [3.05, 3.63) is 17.7 Å². The van der Waals surface area contributed by atoms with Crippen molar-refractivity contribution in [3.63, 3.8) is 0 Å². The molecule has 1 rings (SSSR count). The van der Waals surface area contributed by atoms with Crippen LogP contribution in [-0.4, -0.2) is 46.5 Å². The lowest BCUT2D eigenvalue weighted by molar-refractivity contribution is -0.856. The van der Waals surface area contributed by atoms with Crippen LogP contribution >= 0.6 is 12.2 Å². The van der Waals surface area contributed by atoms with E-state index in [1.54, 1.807) is 14.2 Å². The largest absolute Gasteiger partial charge is 0.493 e. The summed E-state index contributed by atoms with van der Waals surface area (Å²) in [6.07, 6.45) is 0. The van der Waals surface area contributed by atoms with Crippen LogP contribution in [0, 0.1) is 6.92 Å². The Morgan fingerprint density at radius 1 is 1.20 bits per heavy atom. The molecule has 0 radical (unpaired) electrons. The predicted molar refractivity (Wildman–Crippen MR) is 86.2 cm³/mol. The molecule has 5 nitrogen and oxygen atoms in total. The first-order valence-corrected chi connectivity index (χ1v) is 6.95. The topological polar surface area (TPSA) is 47.0 Å². The van der Waals surface area contributed by atoms with Gasteiger partial charge in [-0.3, -0.25) is 0 Å². The average molecular weight is 298 g/mol. The number of quaternary nitrogens is 1. The van der Waals surface area contributed by atoms with Gasteiger partial charge in [-0.1, -0.05) is 0 Å². The monoisotopic (exact) mass is 298 g/mol. The van der Waals surface area contributed by atoms with Gasteiger partial charge in [-0.15, -0.1) is 0 Å². The number of benzene rings is 1. The van der Waals surface area contributed by atoms with Gasteiger partial charge >= 0.3 is 0 Å². The molecule has 0 aliphatic rings. The zero-order valence-electron chi connectivity index (χ0n) is 12.8. The lowest BCUT2D eigenvalue weighted by Crippen LogP contribution is -3.06. The van der Waals surface area contributed by atoms with Crippen molar-refractivity contribution < 1.29 is 14.4 Å². The molecular formula is C14H24N3O2S+. The van der Waals surface area contributed by atoms with Gasteiger partial charge in [-0.2, -0.15) is 0 Å². The molecule has 0 spiro atoms. The standard InChI is InChI=1S/C14H23N3O2S/c1-10-8-12(18-4)13(19-5)9-11(10)16-14(20)15-6-7-17(2)3/h8-9H,6-7H2,1-5H3,(H2,15,16,20)/p+1. The normalized spacial score (nSPS) is 10.3. The maximum absolute atomic E-state index is 5.29. The Kier molecular flexibility index (Phi) is 6.54. The second-order valence-corrected chi connectivity index (χ2v) is 5.27. The van der Waals surface area contributed by atoms with Gasteiger partial charge in [0, 0.05) is 11.8 Å². The van der Waals surface area contributed by atoms with Crippen LogP contribution < -0.4 is 25.0 Å². The molecule has 1 aromatic carbocycles. The van der Waals surface area contributed by atoms with Gasteiger partial charge in [-0.05, 0) is 30.8 Å². The zero-order chi connectivity index (χ0) is 15.1. The summed E-state index contributed by atoms with van der Waals surface area (Å²) in [5, 5.41) is 6.98. The van der Waals surface area contributed by atoms with Crippen LogP contribution in [-0.2, 0) is 0 Å². The Bertz CT molecular complexity index is 464. The highest BCUT2D eigenvalue weighted by molar-refractivity contribution is 7.80. The van der Waals surface area contributed by atoms with Crippen LogP contribution in [0.5, 0.6) is 11.5 Å². The molecule has 0 saturated carbocycles. The van der Waals surface area contributed by atoms with E-state index >= 15 is 0 Å². The van der Waals surface area contributed by atoms with Gasteiger partial charge < -0.3 is 25.0 Å². The van der Waals surface area contributed by atoms with Crippen LogP contribution in [0.3, 0.4) is 0 Å². The van der Waals surface area contributed by atoms with Crippen molar-refractivity contribution in [3.8, 4) is 11.5 Å². The number of nitrogens with one attached hydrogen (secondary N) is 3. The van der Waals surface area contributed by atoms with Gasteiger partial charge in [0.15, 0.2) is 16.6 Å². The maximum Gasteiger partial charge on any atom is 0.170 e. The van der Waals surface area contributed by atoms with Crippen LogP contribution in [0.4, 0.5) is 5.69 Å². The Morgan fingerprint density at radius 2 is 1.80 bits per heavy atom.